The number of anilines is 1. The van der Waals surface area contributed by atoms with Gasteiger partial charge >= 0.3 is 0 Å². The first kappa shape index (κ1) is 18.7. The Morgan fingerprint density at radius 3 is 2.12 bits per heavy atom. The van der Waals surface area contributed by atoms with Gasteiger partial charge in [0.25, 0.3) is 0 Å². The van der Waals surface area contributed by atoms with Crippen molar-refractivity contribution >= 4 is 39.3 Å². The fourth-order valence-corrected chi connectivity index (χ4v) is 3.85. The number of para-hydroxylation sites is 1. The standard InChI is InChI=1S/C22H20BrNOS/c1-17(26-21-14-12-19(23)13-15-21)22(25)24(20-10-6-3-7-11-20)16-18-8-4-2-5-9-18/h2-15,17H,16H2,1H3. The lowest BCUT2D eigenvalue weighted by atomic mass is 10.2. The minimum Gasteiger partial charge on any atom is -0.307 e. The van der Waals surface area contributed by atoms with Crippen LogP contribution in [0.5, 0.6) is 0 Å². The van der Waals surface area contributed by atoms with Crippen LogP contribution < -0.4 is 4.90 Å². The first-order chi connectivity index (χ1) is 12.6. The van der Waals surface area contributed by atoms with Crippen LogP contribution in [0, 0.1) is 0 Å². The zero-order chi connectivity index (χ0) is 18.4. The summed E-state index contributed by atoms with van der Waals surface area (Å²) in [5.41, 5.74) is 2.04. The van der Waals surface area contributed by atoms with Crippen molar-refractivity contribution in [1.29, 1.82) is 0 Å². The van der Waals surface area contributed by atoms with Crippen LogP contribution in [0.25, 0.3) is 0 Å². The highest BCUT2D eigenvalue weighted by Crippen LogP contribution is 2.28. The average molecular weight is 426 g/mol. The van der Waals surface area contributed by atoms with E-state index in [1.807, 2.05) is 84.6 Å². The van der Waals surface area contributed by atoms with E-state index in [2.05, 4.69) is 28.1 Å². The molecule has 3 rings (SSSR count). The van der Waals surface area contributed by atoms with Crippen LogP contribution in [0.1, 0.15) is 12.5 Å². The molecular weight excluding hydrogens is 406 g/mol. The molecule has 0 aliphatic rings. The largest absolute Gasteiger partial charge is 0.307 e. The number of amides is 1. The Kier molecular flexibility index (Phi) is 6.53. The number of benzene rings is 3. The minimum absolute atomic E-state index is 0.105. The van der Waals surface area contributed by atoms with E-state index in [4.69, 9.17) is 0 Å². The third kappa shape index (κ3) is 4.99. The van der Waals surface area contributed by atoms with E-state index < -0.39 is 0 Å². The third-order valence-corrected chi connectivity index (χ3v) is 5.62. The summed E-state index contributed by atoms with van der Waals surface area (Å²) in [7, 11) is 0. The van der Waals surface area contributed by atoms with E-state index in [0.29, 0.717) is 6.54 Å². The lowest BCUT2D eigenvalue weighted by molar-refractivity contribution is -0.118. The summed E-state index contributed by atoms with van der Waals surface area (Å²) in [5.74, 6) is 0.105. The van der Waals surface area contributed by atoms with Gasteiger partial charge < -0.3 is 4.90 Å². The zero-order valence-corrected chi connectivity index (χ0v) is 16.9. The number of hydrogen-bond acceptors (Lipinski definition) is 2. The summed E-state index contributed by atoms with van der Waals surface area (Å²) in [6.45, 7) is 2.53. The van der Waals surface area contributed by atoms with Crippen molar-refractivity contribution in [2.75, 3.05) is 4.90 Å². The van der Waals surface area contributed by atoms with Gasteiger partial charge in [0.1, 0.15) is 0 Å². The van der Waals surface area contributed by atoms with Gasteiger partial charge in [-0.1, -0.05) is 64.5 Å². The van der Waals surface area contributed by atoms with Gasteiger partial charge in [0.2, 0.25) is 5.91 Å². The van der Waals surface area contributed by atoms with E-state index in [1.54, 1.807) is 11.8 Å². The van der Waals surface area contributed by atoms with Gasteiger partial charge in [-0.15, -0.1) is 11.8 Å². The number of carbonyl (C=O) groups is 1. The highest BCUT2D eigenvalue weighted by molar-refractivity contribution is 9.10. The topological polar surface area (TPSA) is 20.3 Å². The second kappa shape index (κ2) is 9.06. The Balaban J connectivity index is 1.80. The van der Waals surface area contributed by atoms with Crippen molar-refractivity contribution < 1.29 is 4.79 Å². The fraction of sp³-hybridized carbons (Fsp3) is 0.136. The molecule has 0 N–H and O–H groups in total. The summed E-state index contributed by atoms with van der Waals surface area (Å²) in [5, 5.41) is -0.180. The third-order valence-electron chi connectivity index (χ3n) is 3.99. The maximum atomic E-state index is 13.2. The predicted molar refractivity (Wildman–Crippen MR) is 114 cm³/mol. The Labute approximate surface area is 167 Å². The molecule has 132 valence electrons. The number of rotatable bonds is 6. The fourth-order valence-electron chi connectivity index (χ4n) is 2.66. The number of thioether (sulfide) groups is 1. The Morgan fingerprint density at radius 2 is 1.50 bits per heavy atom. The summed E-state index contributed by atoms with van der Waals surface area (Å²) in [6.07, 6.45) is 0. The molecule has 0 spiro atoms. The van der Waals surface area contributed by atoms with Crippen LogP contribution in [-0.4, -0.2) is 11.2 Å². The molecule has 0 fully saturated rings. The van der Waals surface area contributed by atoms with Crippen LogP contribution >= 0.6 is 27.7 Å². The molecule has 4 heteroatoms. The van der Waals surface area contributed by atoms with Crippen LogP contribution in [-0.2, 0) is 11.3 Å². The molecule has 3 aromatic rings. The van der Waals surface area contributed by atoms with Crippen LogP contribution in [0.2, 0.25) is 0 Å². The Bertz CT molecular complexity index is 837. The summed E-state index contributed by atoms with van der Waals surface area (Å²) in [4.78, 5) is 16.2. The smallest absolute Gasteiger partial charge is 0.240 e. The minimum atomic E-state index is -0.180. The van der Waals surface area contributed by atoms with Crippen molar-refractivity contribution in [2.45, 2.75) is 23.6 Å². The van der Waals surface area contributed by atoms with Gasteiger partial charge in [0, 0.05) is 15.1 Å². The SMILES string of the molecule is CC(Sc1ccc(Br)cc1)C(=O)N(Cc1ccccc1)c1ccccc1. The average Bonchev–Trinajstić information content (AvgIpc) is 2.69. The number of halogens is 1. The first-order valence-electron chi connectivity index (χ1n) is 8.46. The zero-order valence-electron chi connectivity index (χ0n) is 14.5. The lowest BCUT2D eigenvalue weighted by Gasteiger charge is -2.26. The van der Waals surface area contributed by atoms with Gasteiger partial charge in [-0.3, -0.25) is 4.79 Å². The highest BCUT2D eigenvalue weighted by atomic mass is 79.9. The van der Waals surface area contributed by atoms with Crippen molar-refractivity contribution in [2.24, 2.45) is 0 Å². The molecule has 0 saturated heterocycles. The molecule has 1 atom stereocenters. The molecule has 26 heavy (non-hydrogen) atoms. The normalized spacial score (nSPS) is 11.8. The summed E-state index contributed by atoms with van der Waals surface area (Å²) in [6, 6.07) is 28.0. The number of hydrogen-bond donors (Lipinski definition) is 0. The molecule has 1 amide bonds. The quantitative estimate of drug-likeness (QED) is 0.440. The van der Waals surface area contributed by atoms with E-state index in [1.165, 1.54) is 0 Å². The molecule has 0 heterocycles. The summed E-state index contributed by atoms with van der Waals surface area (Å²) < 4.78 is 1.04. The number of carbonyl (C=O) groups excluding carboxylic acids is 1. The predicted octanol–water partition coefficient (Wildman–Crippen LogP) is 6.16. The van der Waals surface area contributed by atoms with Crippen LogP contribution in [0.4, 0.5) is 5.69 Å². The maximum absolute atomic E-state index is 13.2. The monoisotopic (exact) mass is 425 g/mol. The molecule has 0 radical (unpaired) electrons. The molecule has 0 bridgehead atoms. The van der Waals surface area contributed by atoms with Gasteiger partial charge in [0.15, 0.2) is 0 Å². The molecule has 2 nitrogen and oxygen atoms in total. The van der Waals surface area contributed by atoms with Gasteiger partial charge in [-0.25, -0.2) is 0 Å². The molecule has 0 saturated carbocycles. The van der Waals surface area contributed by atoms with E-state index in [9.17, 15) is 4.79 Å². The van der Waals surface area contributed by atoms with Crippen LogP contribution in [0.3, 0.4) is 0 Å². The number of nitrogens with zero attached hydrogens (tertiary/aromatic N) is 1. The molecular formula is C22H20BrNOS. The van der Waals surface area contributed by atoms with E-state index >= 15 is 0 Å². The van der Waals surface area contributed by atoms with Crippen molar-refractivity contribution in [1.82, 2.24) is 0 Å². The highest BCUT2D eigenvalue weighted by Gasteiger charge is 2.23. The Hall–Kier alpha value is -2.04. The first-order valence-corrected chi connectivity index (χ1v) is 10.1. The molecule has 0 aromatic heterocycles. The van der Waals surface area contributed by atoms with Crippen molar-refractivity contribution in [3.8, 4) is 0 Å². The molecule has 3 aromatic carbocycles. The van der Waals surface area contributed by atoms with Gasteiger partial charge in [-0.2, -0.15) is 0 Å². The molecule has 0 aliphatic carbocycles. The van der Waals surface area contributed by atoms with E-state index in [0.717, 1.165) is 20.6 Å². The summed E-state index contributed by atoms with van der Waals surface area (Å²) >= 11 is 5.03. The van der Waals surface area contributed by atoms with Crippen LogP contribution in [0.15, 0.2) is 94.3 Å². The second-order valence-corrected chi connectivity index (χ2v) is 8.29. The maximum Gasteiger partial charge on any atom is 0.240 e. The van der Waals surface area contributed by atoms with Crippen molar-refractivity contribution in [3.05, 3.63) is 95.0 Å². The molecule has 0 aliphatic heterocycles. The van der Waals surface area contributed by atoms with Gasteiger partial charge in [-0.05, 0) is 48.9 Å². The van der Waals surface area contributed by atoms with Crippen molar-refractivity contribution in [3.63, 3.8) is 0 Å². The molecule has 1 unspecified atom stereocenters. The second-order valence-electron chi connectivity index (χ2n) is 5.96. The van der Waals surface area contributed by atoms with Gasteiger partial charge in [0.05, 0.1) is 11.8 Å². The Morgan fingerprint density at radius 1 is 0.923 bits per heavy atom. The lowest BCUT2D eigenvalue weighted by Crippen LogP contribution is -2.36. The van der Waals surface area contributed by atoms with E-state index in [-0.39, 0.29) is 11.2 Å².